The highest BCUT2D eigenvalue weighted by Gasteiger charge is 2.12. The molecule has 0 aromatic heterocycles. The lowest BCUT2D eigenvalue weighted by Gasteiger charge is -2.10. The van der Waals surface area contributed by atoms with E-state index in [9.17, 15) is 4.79 Å². The van der Waals surface area contributed by atoms with Gasteiger partial charge in [0.15, 0.2) is 0 Å². The van der Waals surface area contributed by atoms with Crippen molar-refractivity contribution >= 4 is 11.6 Å². The monoisotopic (exact) mass is 266 g/mol. The molecule has 0 saturated carbocycles. The lowest BCUT2D eigenvalue weighted by molar-refractivity contribution is 0.102. The van der Waals surface area contributed by atoms with Gasteiger partial charge in [-0.05, 0) is 37.3 Å². The molecule has 0 heterocycles. The highest BCUT2D eigenvalue weighted by Crippen LogP contribution is 2.21. The summed E-state index contributed by atoms with van der Waals surface area (Å²) < 4.78 is 5.19. The minimum absolute atomic E-state index is 0.263. The minimum Gasteiger partial charge on any atom is -0.496 e. The first-order valence-electron chi connectivity index (χ1n) is 6.10. The molecule has 0 spiro atoms. The molecule has 0 bridgehead atoms. The highest BCUT2D eigenvalue weighted by atomic mass is 16.5. The van der Waals surface area contributed by atoms with E-state index < -0.39 is 0 Å². The van der Waals surface area contributed by atoms with Gasteiger partial charge in [0.25, 0.3) is 5.91 Å². The van der Waals surface area contributed by atoms with Crippen LogP contribution in [-0.2, 0) is 0 Å². The van der Waals surface area contributed by atoms with Gasteiger partial charge in [-0.15, -0.1) is 0 Å². The number of benzene rings is 2. The van der Waals surface area contributed by atoms with Crippen LogP contribution in [0.2, 0.25) is 0 Å². The maximum atomic E-state index is 12.3. The smallest absolute Gasteiger partial charge is 0.259 e. The van der Waals surface area contributed by atoms with E-state index in [0.29, 0.717) is 22.6 Å². The fraction of sp³-hybridized carbons (Fsp3) is 0.125. The normalized spacial score (nSPS) is 9.65. The van der Waals surface area contributed by atoms with E-state index in [1.165, 1.54) is 7.11 Å². The van der Waals surface area contributed by atoms with Crippen molar-refractivity contribution in [2.75, 3.05) is 12.4 Å². The summed E-state index contributed by atoms with van der Waals surface area (Å²) in [4.78, 5) is 12.3. The molecular formula is C16H14N2O2. The Morgan fingerprint density at radius 3 is 2.75 bits per heavy atom. The molecule has 2 aromatic carbocycles. The van der Waals surface area contributed by atoms with E-state index in [4.69, 9.17) is 10.00 Å². The van der Waals surface area contributed by atoms with Gasteiger partial charge in [-0.1, -0.05) is 17.7 Å². The van der Waals surface area contributed by atoms with Crippen molar-refractivity contribution < 1.29 is 9.53 Å². The first-order chi connectivity index (χ1) is 9.63. The van der Waals surface area contributed by atoms with Gasteiger partial charge in [-0.2, -0.15) is 5.26 Å². The summed E-state index contributed by atoms with van der Waals surface area (Å²) in [7, 11) is 1.53. The molecule has 0 aliphatic carbocycles. The Labute approximate surface area is 117 Å². The number of nitrogens with one attached hydrogen (secondary N) is 1. The van der Waals surface area contributed by atoms with Crippen molar-refractivity contribution in [3.05, 3.63) is 59.2 Å². The third-order valence-electron chi connectivity index (χ3n) is 2.85. The Balaban J connectivity index is 2.28. The van der Waals surface area contributed by atoms with Gasteiger partial charge in [-0.3, -0.25) is 4.79 Å². The summed E-state index contributed by atoms with van der Waals surface area (Å²) in [6, 6.07) is 14.2. The second-order valence-electron chi connectivity index (χ2n) is 4.35. The van der Waals surface area contributed by atoms with Crippen molar-refractivity contribution in [2.45, 2.75) is 6.92 Å². The van der Waals surface area contributed by atoms with E-state index in [2.05, 4.69) is 5.32 Å². The number of carbonyl (C=O) groups is 1. The van der Waals surface area contributed by atoms with Crippen molar-refractivity contribution in [2.24, 2.45) is 0 Å². The standard InChI is InChI=1S/C16H14N2O2/c1-11-6-7-15(20-2)14(8-11)16(19)18-13-5-3-4-12(9-13)10-17/h3-9H,1-2H3,(H,18,19). The maximum absolute atomic E-state index is 12.3. The summed E-state index contributed by atoms with van der Waals surface area (Å²) in [5, 5.41) is 11.6. The zero-order valence-electron chi connectivity index (χ0n) is 11.3. The molecular weight excluding hydrogens is 252 g/mol. The minimum atomic E-state index is -0.263. The van der Waals surface area contributed by atoms with Crippen LogP contribution in [0.25, 0.3) is 0 Å². The molecule has 1 N–H and O–H groups in total. The summed E-state index contributed by atoms with van der Waals surface area (Å²) >= 11 is 0. The molecule has 4 heteroatoms. The molecule has 0 aliphatic heterocycles. The van der Waals surface area contributed by atoms with Crippen LogP contribution in [0.4, 0.5) is 5.69 Å². The Bertz CT molecular complexity index is 687. The molecule has 0 aliphatic rings. The Kier molecular flexibility index (Phi) is 4.02. The summed E-state index contributed by atoms with van der Waals surface area (Å²) in [6.07, 6.45) is 0. The predicted octanol–water partition coefficient (Wildman–Crippen LogP) is 3.13. The average molecular weight is 266 g/mol. The fourth-order valence-electron chi connectivity index (χ4n) is 1.86. The lowest BCUT2D eigenvalue weighted by Crippen LogP contribution is -2.13. The maximum Gasteiger partial charge on any atom is 0.259 e. The third kappa shape index (κ3) is 2.96. The number of anilines is 1. The van der Waals surface area contributed by atoms with Crippen LogP contribution in [0.15, 0.2) is 42.5 Å². The molecule has 0 radical (unpaired) electrons. The molecule has 2 aromatic rings. The number of nitriles is 1. The van der Waals surface area contributed by atoms with Crippen LogP contribution in [0.1, 0.15) is 21.5 Å². The number of rotatable bonds is 3. The quantitative estimate of drug-likeness (QED) is 0.928. The van der Waals surface area contributed by atoms with Crippen molar-refractivity contribution in [3.8, 4) is 11.8 Å². The SMILES string of the molecule is COc1ccc(C)cc1C(=O)Nc1cccc(C#N)c1. The molecule has 0 saturated heterocycles. The highest BCUT2D eigenvalue weighted by molar-refractivity contribution is 6.06. The molecule has 2 rings (SSSR count). The first-order valence-corrected chi connectivity index (χ1v) is 6.10. The van der Waals surface area contributed by atoms with Crippen LogP contribution in [0.3, 0.4) is 0 Å². The second kappa shape index (κ2) is 5.89. The summed E-state index contributed by atoms with van der Waals surface area (Å²) in [5.74, 6) is 0.255. The number of nitrogens with zero attached hydrogens (tertiary/aromatic N) is 1. The van der Waals surface area contributed by atoms with E-state index in [1.807, 2.05) is 19.1 Å². The van der Waals surface area contributed by atoms with Gasteiger partial charge >= 0.3 is 0 Å². The van der Waals surface area contributed by atoms with Crippen molar-refractivity contribution in [3.63, 3.8) is 0 Å². The molecule has 1 amide bonds. The number of ether oxygens (including phenoxy) is 1. The van der Waals surface area contributed by atoms with Gasteiger partial charge in [0.05, 0.1) is 24.3 Å². The van der Waals surface area contributed by atoms with Gasteiger partial charge in [0.1, 0.15) is 5.75 Å². The van der Waals surface area contributed by atoms with Crippen molar-refractivity contribution in [1.82, 2.24) is 0 Å². The molecule has 0 fully saturated rings. The van der Waals surface area contributed by atoms with Crippen LogP contribution >= 0.6 is 0 Å². The van der Waals surface area contributed by atoms with E-state index >= 15 is 0 Å². The summed E-state index contributed by atoms with van der Waals surface area (Å²) in [6.45, 7) is 1.91. The van der Waals surface area contributed by atoms with E-state index in [-0.39, 0.29) is 5.91 Å². The van der Waals surface area contributed by atoms with Gasteiger partial charge < -0.3 is 10.1 Å². The number of carbonyl (C=O) groups excluding carboxylic acids is 1. The topological polar surface area (TPSA) is 62.1 Å². The van der Waals surface area contributed by atoms with Gasteiger partial charge in [0, 0.05) is 5.69 Å². The number of methoxy groups -OCH3 is 1. The number of amides is 1. The number of hydrogen-bond donors (Lipinski definition) is 1. The van der Waals surface area contributed by atoms with Crippen LogP contribution in [0.5, 0.6) is 5.75 Å². The molecule has 20 heavy (non-hydrogen) atoms. The van der Waals surface area contributed by atoms with E-state index in [1.54, 1.807) is 36.4 Å². The lowest BCUT2D eigenvalue weighted by atomic mass is 10.1. The zero-order valence-corrected chi connectivity index (χ0v) is 11.3. The first kappa shape index (κ1) is 13.6. The third-order valence-corrected chi connectivity index (χ3v) is 2.85. The predicted molar refractivity (Wildman–Crippen MR) is 76.8 cm³/mol. The summed E-state index contributed by atoms with van der Waals surface area (Å²) in [5.41, 5.74) is 2.52. The Morgan fingerprint density at radius 1 is 1.25 bits per heavy atom. The van der Waals surface area contributed by atoms with Crippen LogP contribution < -0.4 is 10.1 Å². The number of aryl methyl sites for hydroxylation is 1. The van der Waals surface area contributed by atoms with E-state index in [0.717, 1.165) is 5.56 Å². The van der Waals surface area contributed by atoms with Gasteiger partial charge in [0.2, 0.25) is 0 Å². The molecule has 4 nitrogen and oxygen atoms in total. The zero-order chi connectivity index (χ0) is 14.5. The fourth-order valence-corrected chi connectivity index (χ4v) is 1.86. The Morgan fingerprint density at radius 2 is 2.05 bits per heavy atom. The van der Waals surface area contributed by atoms with Crippen LogP contribution in [0, 0.1) is 18.3 Å². The Hall–Kier alpha value is -2.80. The van der Waals surface area contributed by atoms with Crippen LogP contribution in [-0.4, -0.2) is 13.0 Å². The molecule has 0 atom stereocenters. The molecule has 0 unspecified atom stereocenters. The second-order valence-corrected chi connectivity index (χ2v) is 4.35. The average Bonchev–Trinajstić information content (AvgIpc) is 2.47. The van der Waals surface area contributed by atoms with Gasteiger partial charge in [-0.25, -0.2) is 0 Å². The van der Waals surface area contributed by atoms with Crippen molar-refractivity contribution in [1.29, 1.82) is 5.26 Å². The molecule has 100 valence electrons. The largest absolute Gasteiger partial charge is 0.496 e. The number of hydrogen-bond acceptors (Lipinski definition) is 3.